The number of nitriles is 1. The van der Waals surface area contributed by atoms with E-state index >= 15 is 0 Å². The van der Waals surface area contributed by atoms with Crippen LogP contribution in [0.4, 0.5) is 0 Å². The summed E-state index contributed by atoms with van der Waals surface area (Å²) in [6.07, 6.45) is 0. The van der Waals surface area contributed by atoms with Gasteiger partial charge in [-0.3, -0.25) is 4.79 Å². The zero-order valence-electron chi connectivity index (χ0n) is 5.95. The third-order valence-corrected chi connectivity index (χ3v) is 1.95. The molecule has 0 aromatic heterocycles. The van der Waals surface area contributed by atoms with E-state index in [0.717, 1.165) is 0 Å². The molecule has 1 aromatic carbocycles. The van der Waals surface area contributed by atoms with Gasteiger partial charge in [0, 0.05) is 22.3 Å². The van der Waals surface area contributed by atoms with Crippen LogP contribution in [-0.2, 0) is 0 Å². The number of nitrogens with zero attached hydrogens (tertiary/aromatic N) is 1. The van der Waals surface area contributed by atoms with Crippen LogP contribution in [-0.4, -0.2) is 5.12 Å². The fraction of sp³-hybridized carbons (Fsp3) is 0. The number of thioether (sulfide) groups is 1. The van der Waals surface area contributed by atoms with E-state index in [4.69, 9.17) is 16.9 Å². The molecule has 0 atom stereocenters. The first kappa shape index (κ1) is 9.11. The molecular formula is C8H4ClNOS. The lowest BCUT2D eigenvalue weighted by atomic mass is 10.2. The number of thiocyanates is 1. The van der Waals surface area contributed by atoms with E-state index in [1.54, 1.807) is 23.6 Å². The van der Waals surface area contributed by atoms with E-state index in [2.05, 4.69) is 0 Å². The van der Waals surface area contributed by atoms with Gasteiger partial charge in [0.2, 0.25) is 5.12 Å². The Hall–Kier alpha value is -0.980. The zero-order chi connectivity index (χ0) is 8.97. The molecule has 0 amide bonds. The average molecular weight is 198 g/mol. The SMILES string of the molecule is N#CSC(=O)c1cccc(Cl)c1. The summed E-state index contributed by atoms with van der Waals surface area (Å²) in [4.78, 5) is 11.1. The lowest BCUT2D eigenvalue weighted by Crippen LogP contribution is -1.90. The molecule has 0 saturated carbocycles. The summed E-state index contributed by atoms with van der Waals surface area (Å²) in [6.45, 7) is 0. The molecule has 1 aromatic rings. The number of rotatable bonds is 1. The third-order valence-electron chi connectivity index (χ3n) is 1.20. The lowest BCUT2D eigenvalue weighted by Gasteiger charge is -1.94. The van der Waals surface area contributed by atoms with E-state index in [-0.39, 0.29) is 5.12 Å². The van der Waals surface area contributed by atoms with Crippen LogP contribution in [0.5, 0.6) is 0 Å². The minimum absolute atomic E-state index is 0.278. The second-order valence-electron chi connectivity index (χ2n) is 1.99. The van der Waals surface area contributed by atoms with Crippen molar-refractivity contribution in [1.29, 1.82) is 5.26 Å². The molecule has 1 rings (SSSR count). The predicted molar refractivity (Wildman–Crippen MR) is 49.0 cm³/mol. The highest BCUT2D eigenvalue weighted by atomic mass is 35.5. The summed E-state index contributed by atoms with van der Waals surface area (Å²) >= 11 is 6.25. The zero-order valence-corrected chi connectivity index (χ0v) is 7.52. The van der Waals surface area contributed by atoms with E-state index in [9.17, 15) is 4.79 Å². The molecule has 0 bridgehead atoms. The second kappa shape index (κ2) is 4.15. The Balaban J connectivity index is 2.90. The molecule has 12 heavy (non-hydrogen) atoms. The van der Waals surface area contributed by atoms with Gasteiger partial charge in [0.1, 0.15) is 5.40 Å². The van der Waals surface area contributed by atoms with Gasteiger partial charge < -0.3 is 0 Å². The quantitative estimate of drug-likeness (QED) is 0.650. The minimum Gasteiger partial charge on any atom is -0.280 e. The third kappa shape index (κ3) is 2.26. The molecule has 0 N–H and O–H groups in total. The molecule has 0 radical (unpaired) electrons. The second-order valence-corrected chi connectivity index (χ2v) is 3.19. The van der Waals surface area contributed by atoms with Gasteiger partial charge in [-0.25, -0.2) is 0 Å². The van der Waals surface area contributed by atoms with Gasteiger partial charge in [0.05, 0.1) is 0 Å². The molecule has 0 aliphatic heterocycles. The fourth-order valence-electron chi connectivity index (χ4n) is 0.716. The van der Waals surface area contributed by atoms with E-state index in [1.165, 1.54) is 6.07 Å². The first-order valence-corrected chi connectivity index (χ1v) is 4.29. The van der Waals surface area contributed by atoms with Gasteiger partial charge >= 0.3 is 0 Å². The smallest absolute Gasteiger partial charge is 0.233 e. The van der Waals surface area contributed by atoms with Gasteiger partial charge in [0.25, 0.3) is 0 Å². The summed E-state index contributed by atoms with van der Waals surface area (Å²) in [5, 5.41) is 10.2. The number of hydrogen-bond acceptors (Lipinski definition) is 3. The van der Waals surface area contributed by atoms with Crippen molar-refractivity contribution in [3.05, 3.63) is 34.9 Å². The summed E-state index contributed by atoms with van der Waals surface area (Å²) in [5.74, 6) is 0. The van der Waals surface area contributed by atoms with Gasteiger partial charge in [-0.05, 0) is 12.1 Å². The number of hydrogen-bond donors (Lipinski definition) is 0. The fourth-order valence-corrected chi connectivity index (χ4v) is 1.23. The molecule has 0 saturated heterocycles. The van der Waals surface area contributed by atoms with Crippen LogP contribution in [0.15, 0.2) is 24.3 Å². The molecule has 60 valence electrons. The van der Waals surface area contributed by atoms with Gasteiger partial charge in [-0.15, -0.1) is 0 Å². The highest BCUT2D eigenvalue weighted by Crippen LogP contribution is 2.15. The highest BCUT2D eigenvalue weighted by Gasteiger charge is 2.05. The Morgan fingerprint density at radius 2 is 2.33 bits per heavy atom. The minimum atomic E-state index is -0.278. The molecule has 0 aliphatic rings. The van der Waals surface area contributed by atoms with Crippen LogP contribution in [0.3, 0.4) is 0 Å². The van der Waals surface area contributed by atoms with Crippen molar-refractivity contribution < 1.29 is 4.79 Å². The van der Waals surface area contributed by atoms with Gasteiger partial charge in [0.15, 0.2) is 0 Å². The Morgan fingerprint density at radius 1 is 1.58 bits per heavy atom. The first-order chi connectivity index (χ1) is 5.74. The van der Waals surface area contributed by atoms with Crippen molar-refractivity contribution in [2.45, 2.75) is 0 Å². The normalized spacial score (nSPS) is 9.00. The van der Waals surface area contributed by atoms with E-state index in [0.29, 0.717) is 22.3 Å². The van der Waals surface area contributed by atoms with E-state index in [1.807, 2.05) is 0 Å². The largest absolute Gasteiger partial charge is 0.280 e. The van der Waals surface area contributed by atoms with Gasteiger partial charge in [-0.1, -0.05) is 23.7 Å². The highest BCUT2D eigenvalue weighted by molar-refractivity contribution is 8.18. The number of carbonyl (C=O) groups excluding carboxylic acids is 1. The summed E-state index contributed by atoms with van der Waals surface area (Å²) in [5.41, 5.74) is 0.453. The molecule has 2 nitrogen and oxygen atoms in total. The van der Waals surface area contributed by atoms with Crippen LogP contribution in [0, 0.1) is 10.7 Å². The average Bonchev–Trinajstić information content (AvgIpc) is 2.05. The number of halogens is 1. The number of carbonyl (C=O) groups is 1. The Labute approximate surface area is 79.1 Å². The van der Waals surface area contributed by atoms with Crippen molar-refractivity contribution in [2.75, 3.05) is 0 Å². The van der Waals surface area contributed by atoms with Crippen molar-refractivity contribution in [3.63, 3.8) is 0 Å². The van der Waals surface area contributed by atoms with Crippen LogP contribution < -0.4 is 0 Å². The van der Waals surface area contributed by atoms with E-state index < -0.39 is 0 Å². The van der Waals surface area contributed by atoms with Crippen LogP contribution in [0.25, 0.3) is 0 Å². The Bertz CT molecular complexity index is 345. The van der Waals surface area contributed by atoms with Crippen molar-refractivity contribution in [2.24, 2.45) is 0 Å². The first-order valence-electron chi connectivity index (χ1n) is 3.10. The Kier molecular flexibility index (Phi) is 3.15. The molecule has 0 unspecified atom stereocenters. The summed E-state index contributed by atoms with van der Waals surface area (Å²) in [7, 11) is 0. The molecule has 0 heterocycles. The van der Waals surface area contributed by atoms with Crippen LogP contribution in [0.2, 0.25) is 5.02 Å². The topological polar surface area (TPSA) is 40.9 Å². The predicted octanol–water partition coefficient (Wildman–Crippen LogP) is 2.69. The monoisotopic (exact) mass is 197 g/mol. The van der Waals surface area contributed by atoms with Crippen molar-refractivity contribution in [1.82, 2.24) is 0 Å². The van der Waals surface area contributed by atoms with Crippen LogP contribution in [0.1, 0.15) is 10.4 Å². The molecule has 4 heteroatoms. The molecule has 0 fully saturated rings. The standard InChI is InChI=1S/C8H4ClNOS/c9-7-3-1-2-6(4-7)8(11)12-5-10/h1-4H. The van der Waals surface area contributed by atoms with Crippen LogP contribution >= 0.6 is 23.4 Å². The maximum absolute atomic E-state index is 11.1. The summed E-state index contributed by atoms with van der Waals surface area (Å²) in [6, 6.07) is 6.51. The molecule has 0 spiro atoms. The van der Waals surface area contributed by atoms with Crippen molar-refractivity contribution in [3.8, 4) is 5.40 Å². The maximum atomic E-state index is 11.1. The van der Waals surface area contributed by atoms with Crippen molar-refractivity contribution >= 4 is 28.5 Å². The molecule has 0 aliphatic carbocycles. The molecular weight excluding hydrogens is 194 g/mol. The Morgan fingerprint density at radius 3 is 2.92 bits per heavy atom. The number of benzene rings is 1. The van der Waals surface area contributed by atoms with Gasteiger partial charge in [-0.2, -0.15) is 5.26 Å². The lowest BCUT2D eigenvalue weighted by molar-refractivity contribution is 0.109. The summed E-state index contributed by atoms with van der Waals surface area (Å²) < 4.78 is 0. The maximum Gasteiger partial charge on any atom is 0.233 e.